The third-order valence-electron chi connectivity index (χ3n) is 3.21. The first kappa shape index (κ1) is 13.2. The second-order valence-electron chi connectivity index (χ2n) is 4.74. The van der Waals surface area contributed by atoms with Crippen LogP contribution in [0.15, 0.2) is 77.7 Å². The lowest BCUT2D eigenvalue weighted by Gasteiger charge is -2.07. The Kier molecular flexibility index (Phi) is 3.83. The van der Waals surface area contributed by atoms with Gasteiger partial charge >= 0.3 is 0 Å². The third kappa shape index (κ3) is 3.39. The fourth-order valence-corrected chi connectivity index (χ4v) is 2.11. The molecule has 3 aromatic rings. The largest absolute Gasteiger partial charge is 0.489 e. The van der Waals surface area contributed by atoms with Crippen molar-refractivity contribution >= 4 is 0 Å². The van der Waals surface area contributed by atoms with Crippen molar-refractivity contribution in [2.45, 2.75) is 6.61 Å². The smallest absolute Gasteiger partial charge is 0.248 e. The average molecular weight is 277 g/mol. The summed E-state index contributed by atoms with van der Waals surface area (Å²) in [6, 6.07) is 21.2. The van der Waals surface area contributed by atoms with Gasteiger partial charge in [0.05, 0.1) is 0 Å². The van der Waals surface area contributed by atoms with Crippen LogP contribution in [0.2, 0.25) is 0 Å². The zero-order valence-electron chi connectivity index (χ0n) is 11.5. The minimum Gasteiger partial charge on any atom is -0.489 e. The Balaban J connectivity index is 1.71. The van der Waals surface area contributed by atoms with Crippen LogP contribution >= 0.6 is 0 Å². The average Bonchev–Trinajstić information content (AvgIpc) is 2.54. The monoisotopic (exact) mass is 277 g/mol. The molecule has 3 heteroatoms. The van der Waals surface area contributed by atoms with Crippen LogP contribution in [0.3, 0.4) is 0 Å². The van der Waals surface area contributed by atoms with Gasteiger partial charge in [-0.25, -0.2) is 0 Å². The molecular weight excluding hydrogens is 262 g/mol. The molecule has 0 saturated heterocycles. The molecule has 3 rings (SSSR count). The van der Waals surface area contributed by atoms with E-state index in [4.69, 9.17) is 4.74 Å². The number of H-pyrrole nitrogens is 1. The molecule has 0 aliphatic rings. The molecule has 0 aliphatic heterocycles. The molecule has 3 nitrogen and oxygen atoms in total. The summed E-state index contributed by atoms with van der Waals surface area (Å²) in [6.07, 6.45) is 1.65. The Hall–Kier alpha value is -2.81. The molecule has 0 spiro atoms. The van der Waals surface area contributed by atoms with Gasteiger partial charge in [-0.2, -0.15) is 0 Å². The molecule has 0 radical (unpaired) electrons. The highest BCUT2D eigenvalue weighted by Gasteiger charge is 2.00. The van der Waals surface area contributed by atoms with Crippen molar-refractivity contribution in [3.8, 4) is 16.9 Å². The van der Waals surface area contributed by atoms with Crippen LogP contribution in [0.5, 0.6) is 5.75 Å². The topological polar surface area (TPSA) is 42.1 Å². The standard InChI is InChI=1S/C18H15NO2/c20-18-12-16(10-11-19-18)15-6-8-17(9-7-15)21-13-14-4-2-1-3-5-14/h1-12H,13H2,(H,19,20). The quantitative estimate of drug-likeness (QED) is 0.791. The maximum atomic E-state index is 11.3. The molecule has 0 saturated carbocycles. The summed E-state index contributed by atoms with van der Waals surface area (Å²) >= 11 is 0. The summed E-state index contributed by atoms with van der Waals surface area (Å²) in [4.78, 5) is 13.9. The summed E-state index contributed by atoms with van der Waals surface area (Å²) in [5.41, 5.74) is 2.93. The minimum atomic E-state index is -0.100. The maximum Gasteiger partial charge on any atom is 0.248 e. The molecule has 2 aromatic carbocycles. The second-order valence-corrected chi connectivity index (χ2v) is 4.74. The van der Waals surface area contributed by atoms with Crippen molar-refractivity contribution in [2.75, 3.05) is 0 Å². The summed E-state index contributed by atoms with van der Waals surface area (Å²) in [5.74, 6) is 0.812. The van der Waals surface area contributed by atoms with E-state index in [1.807, 2.05) is 60.7 Å². The van der Waals surface area contributed by atoms with Gasteiger partial charge in [-0.3, -0.25) is 4.79 Å². The Morgan fingerprint density at radius 1 is 0.857 bits per heavy atom. The van der Waals surface area contributed by atoms with Gasteiger partial charge in [0.25, 0.3) is 0 Å². The fourth-order valence-electron chi connectivity index (χ4n) is 2.11. The molecular formula is C18H15NO2. The molecule has 0 fully saturated rings. The number of nitrogens with one attached hydrogen (secondary N) is 1. The van der Waals surface area contributed by atoms with E-state index in [0.717, 1.165) is 22.4 Å². The van der Waals surface area contributed by atoms with E-state index < -0.39 is 0 Å². The highest BCUT2D eigenvalue weighted by Crippen LogP contribution is 2.21. The molecule has 0 amide bonds. The first-order valence-electron chi connectivity index (χ1n) is 6.77. The zero-order valence-corrected chi connectivity index (χ0v) is 11.5. The number of hydrogen-bond donors (Lipinski definition) is 1. The number of aromatic amines is 1. The summed E-state index contributed by atoms with van der Waals surface area (Å²) in [6.45, 7) is 0.547. The highest BCUT2D eigenvalue weighted by molar-refractivity contribution is 5.63. The molecule has 0 atom stereocenters. The zero-order chi connectivity index (χ0) is 14.5. The Labute approximate surface area is 122 Å². The molecule has 1 aromatic heterocycles. The van der Waals surface area contributed by atoms with Crippen molar-refractivity contribution in [3.05, 3.63) is 88.8 Å². The van der Waals surface area contributed by atoms with Gasteiger partial charge in [0.15, 0.2) is 0 Å². The van der Waals surface area contributed by atoms with Crippen molar-refractivity contribution in [2.24, 2.45) is 0 Å². The molecule has 0 aliphatic carbocycles. The van der Waals surface area contributed by atoms with Crippen LogP contribution in [-0.4, -0.2) is 4.98 Å². The lowest BCUT2D eigenvalue weighted by atomic mass is 10.1. The van der Waals surface area contributed by atoms with E-state index in [0.29, 0.717) is 6.61 Å². The first-order chi connectivity index (χ1) is 10.3. The predicted octanol–water partition coefficient (Wildman–Crippen LogP) is 3.62. The van der Waals surface area contributed by atoms with Gasteiger partial charge < -0.3 is 9.72 Å². The molecule has 0 unspecified atom stereocenters. The van der Waals surface area contributed by atoms with Gasteiger partial charge in [-0.1, -0.05) is 42.5 Å². The second kappa shape index (κ2) is 6.09. The summed E-state index contributed by atoms with van der Waals surface area (Å²) in [7, 11) is 0. The van der Waals surface area contributed by atoms with E-state index in [-0.39, 0.29) is 5.56 Å². The van der Waals surface area contributed by atoms with Gasteiger partial charge in [0, 0.05) is 12.3 Å². The van der Waals surface area contributed by atoms with Crippen LogP contribution < -0.4 is 10.3 Å². The van der Waals surface area contributed by atoms with E-state index in [1.54, 1.807) is 12.3 Å². The molecule has 1 N–H and O–H groups in total. The predicted molar refractivity (Wildman–Crippen MR) is 83.3 cm³/mol. The maximum absolute atomic E-state index is 11.3. The van der Waals surface area contributed by atoms with Crippen LogP contribution in [0.4, 0.5) is 0 Å². The van der Waals surface area contributed by atoms with E-state index in [1.165, 1.54) is 0 Å². The number of hydrogen-bond acceptors (Lipinski definition) is 2. The SMILES string of the molecule is O=c1cc(-c2ccc(OCc3ccccc3)cc2)cc[nH]1. The van der Waals surface area contributed by atoms with Crippen LogP contribution in [-0.2, 0) is 6.61 Å². The lowest BCUT2D eigenvalue weighted by Crippen LogP contribution is -2.02. The van der Waals surface area contributed by atoms with E-state index in [9.17, 15) is 4.79 Å². The number of aromatic nitrogens is 1. The van der Waals surface area contributed by atoms with Crippen molar-refractivity contribution < 1.29 is 4.74 Å². The Bertz CT molecular complexity index is 761. The van der Waals surface area contributed by atoms with Crippen molar-refractivity contribution in [1.82, 2.24) is 4.98 Å². The minimum absolute atomic E-state index is 0.100. The van der Waals surface area contributed by atoms with E-state index >= 15 is 0 Å². The first-order valence-corrected chi connectivity index (χ1v) is 6.77. The van der Waals surface area contributed by atoms with Crippen LogP contribution in [0.25, 0.3) is 11.1 Å². The molecule has 104 valence electrons. The molecule has 21 heavy (non-hydrogen) atoms. The lowest BCUT2D eigenvalue weighted by molar-refractivity contribution is 0.306. The molecule has 1 heterocycles. The van der Waals surface area contributed by atoms with E-state index in [2.05, 4.69) is 4.98 Å². The Morgan fingerprint density at radius 2 is 1.62 bits per heavy atom. The summed E-state index contributed by atoms with van der Waals surface area (Å²) < 4.78 is 5.74. The number of ether oxygens (including phenoxy) is 1. The van der Waals surface area contributed by atoms with Crippen molar-refractivity contribution in [3.63, 3.8) is 0 Å². The number of rotatable bonds is 4. The van der Waals surface area contributed by atoms with Gasteiger partial charge in [-0.05, 0) is 34.9 Å². The Morgan fingerprint density at radius 3 is 2.33 bits per heavy atom. The fraction of sp³-hybridized carbons (Fsp3) is 0.0556. The summed E-state index contributed by atoms with van der Waals surface area (Å²) in [5, 5.41) is 0. The van der Waals surface area contributed by atoms with Gasteiger partial charge in [0.2, 0.25) is 5.56 Å². The van der Waals surface area contributed by atoms with Crippen LogP contribution in [0, 0.1) is 0 Å². The highest BCUT2D eigenvalue weighted by atomic mass is 16.5. The van der Waals surface area contributed by atoms with Gasteiger partial charge in [0.1, 0.15) is 12.4 Å². The van der Waals surface area contributed by atoms with Crippen LogP contribution in [0.1, 0.15) is 5.56 Å². The number of pyridine rings is 1. The van der Waals surface area contributed by atoms with Crippen molar-refractivity contribution in [1.29, 1.82) is 0 Å². The third-order valence-corrected chi connectivity index (χ3v) is 3.21. The normalized spacial score (nSPS) is 10.3. The number of benzene rings is 2. The molecule has 0 bridgehead atoms. The van der Waals surface area contributed by atoms with Gasteiger partial charge in [-0.15, -0.1) is 0 Å².